The van der Waals surface area contributed by atoms with Gasteiger partial charge in [-0.05, 0) is 26.0 Å². The van der Waals surface area contributed by atoms with Crippen LogP contribution in [0.4, 0.5) is 0 Å². The molecular weight excluding hydrogens is 294 g/mol. The Morgan fingerprint density at radius 1 is 1.30 bits per heavy atom. The van der Waals surface area contributed by atoms with Crippen LogP contribution < -0.4 is 0 Å². The fourth-order valence-electron chi connectivity index (χ4n) is 2.56. The summed E-state index contributed by atoms with van der Waals surface area (Å²) in [7, 11) is 1.69. The molecule has 1 aromatic carbocycles. The number of phenols is 1. The zero-order chi connectivity index (χ0) is 16.6. The molecule has 0 aliphatic rings. The van der Waals surface area contributed by atoms with Crippen LogP contribution in [0.2, 0.25) is 0 Å². The number of hydrogen-bond acceptors (Lipinski definition) is 5. The van der Waals surface area contributed by atoms with Crippen LogP contribution >= 0.6 is 0 Å². The van der Waals surface area contributed by atoms with Crippen molar-refractivity contribution >= 4 is 17.0 Å². The quantitative estimate of drug-likeness (QED) is 0.804. The van der Waals surface area contributed by atoms with Gasteiger partial charge in [0, 0.05) is 24.8 Å². The molecule has 3 rings (SSSR count). The smallest absolute Gasteiger partial charge is 0.258 e. The Kier molecular flexibility index (Phi) is 3.73. The number of hydrogen-bond donors (Lipinski definition) is 1. The third-order valence-electron chi connectivity index (χ3n) is 3.72. The molecule has 0 aliphatic carbocycles. The van der Waals surface area contributed by atoms with Gasteiger partial charge in [0.05, 0.1) is 16.6 Å². The Balaban J connectivity index is 1.97. The third kappa shape index (κ3) is 2.75. The van der Waals surface area contributed by atoms with Crippen molar-refractivity contribution < 1.29 is 14.4 Å². The van der Waals surface area contributed by atoms with Gasteiger partial charge in [0.15, 0.2) is 0 Å². The molecule has 0 radical (unpaired) electrons. The van der Waals surface area contributed by atoms with Gasteiger partial charge in [-0.15, -0.1) is 0 Å². The number of carbonyl (C=O) groups is 1. The fraction of sp³-hybridized carbons (Fsp3) is 0.235. The first-order valence-electron chi connectivity index (χ1n) is 7.23. The van der Waals surface area contributed by atoms with Gasteiger partial charge in [-0.3, -0.25) is 4.79 Å². The molecule has 118 valence electrons. The Bertz CT molecular complexity index is 886. The molecular formula is C17H17N3O3. The molecule has 1 N–H and O–H groups in total. The molecule has 0 atom stereocenters. The van der Waals surface area contributed by atoms with Crippen molar-refractivity contribution in [2.24, 2.45) is 0 Å². The van der Waals surface area contributed by atoms with Gasteiger partial charge >= 0.3 is 0 Å². The maximum Gasteiger partial charge on any atom is 0.258 e. The first-order chi connectivity index (χ1) is 11.0. The molecule has 0 aliphatic heterocycles. The molecule has 1 amide bonds. The number of phenolic OH excluding ortho intramolecular Hbond substituents is 1. The summed E-state index contributed by atoms with van der Waals surface area (Å²) in [5.41, 5.74) is 2.87. The predicted octanol–water partition coefficient (Wildman–Crippen LogP) is 2.82. The lowest BCUT2D eigenvalue weighted by Crippen LogP contribution is -2.26. The molecule has 0 saturated heterocycles. The van der Waals surface area contributed by atoms with Crippen molar-refractivity contribution in [3.8, 4) is 5.75 Å². The Morgan fingerprint density at radius 2 is 2.04 bits per heavy atom. The summed E-state index contributed by atoms with van der Waals surface area (Å²) in [5.74, 6) is -0.000540. The highest BCUT2D eigenvalue weighted by atomic mass is 16.5. The number of rotatable bonds is 3. The first kappa shape index (κ1) is 15.0. The average molecular weight is 311 g/mol. The molecule has 6 heteroatoms. The summed E-state index contributed by atoms with van der Waals surface area (Å²) in [6.45, 7) is 3.89. The molecule has 0 unspecified atom stereocenters. The second kappa shape index (κ2) is 5.72. The number of nitrogens with zero attached hydrogens (tertiary/aromatic N) is 3. The highest BCUT2D eigenvalue weighted by Gasteiger charge is 2.21. The zero-order valence-corrected chi connectivity index (χ0v) is 13.2. The summed E-state index contributed by atoms with van der Waals surface area (Å²) >= 11 is 0. The molecule has 3 aromatic rings. The van der Waals surface area contributed by atoms with Crippen molar-refractivity contribution in [3.05, 3.63) is 52.8 Å². The van der Waals surface area contributed by atoms with E-state index in [0.717, 1.165) is 0 Å². The molecule has 2 aromatic heterocycles. The molecule has 6 nitrogen and oxygen atoms in total. The Hall–Kier alpha value is -2.89. The van der Waals surface area contributed by atoms with Gasteiger partial charge in [0.1, 0.15) is 5.75 Å². The minimum atomic E-state index is -0.171. The maximum absolute atomic E-state index is 12.8. The van der Waals surface area contributed by atoms with E-state index in [0.29, 0.717) is 40.2 Å². The number of aromatic hydroxyl groups is 1. The standard InChI is InChI=1S/C17H17N3O3/c1-10-8-13(15-11(2)19-23-16(15)18-10)17(22)20(3)9-12-6-4-5-7-14(12)21/h4-8,21H,9H2,1-3H3. The Labute approximate surface area is 133 Å². The second-order valence-corrected chi connectivity index (χ2v) is 5.55. The van der Waals surface area contributed by atoms with Gasteiger partial charge in [-0.25, -0.2) is 4.98 Å². The van der Waals surface area contributed by atoms with Crippen molar-refractivity contribution in [1.29, 1.82) is 0 Å². The molecule has 0 bridgehead atoms. The van der Waals surface area contributed by atoms with E-state index in [2.05, 4.69) is 10.1 Å². The topological polar surface area (TPSA) is 79.5 Å². The van der Waals surface area contributed by atoms with Crippen molar-refractivity contribution in [3.63, 3.8) is 0 Å². The summed E-state index contributed by atoms with van der Waals surface area (Å²) in [6.07, 6.45) is 0. The monoisotopic (exact) mass is 311 g/mol. The van der Waals surface area contributed by atoms with Gasteiger partial charge in [0.25, 0.3) is 11.6 Å². The molecule has 23 heavy (non-hydrogen) atoms. The summed E-state index contributed by atoms with van der Waals surface area (Å²) in [4.78, 5) is 18.6. The maximum atomic E-state index is 12.8. The van der Waals surface area contributed by atoms with Gasteiger partial charge < -0.3 is 14.5 Å². The number of pyridine rings is 1. The van der Waals surface area contributed by atoms with Crippen molar-refractivity contribution in [2.75, 3.05) is 7.05 Å². The predicted molar refractivity (Wildman–Crippen MR) is 85.2 cm³/mol. The third-order valence-corrected chi connectivity index (χ3v) is 3.72. The number of para-hydroxylation sites is 1. The highest BCUT2D eigenvalue weighted by Crippen LogP contribution is 2.24. The highest BCUT2D eigenvalue weighted by molar-refractivity contribution is 6.05. The molecule has 0 spiro atoms. The number of aromatic nitrogens is 2. The summed E-state index contributed by atoms with van der Waals surface area (Å²) in [5, 5.41) is 14.4. The number of carbonyl (C=O) groups excluding carboxylic acids is 1. The number of benzene rings is 1. The summed E-state index contributed by atoms with van der Waals surface area (Å²) < 4.78 is 5.17. The van der Waals surface area contributed by atoms with Gasteiger partial charge in [-0.1, -0.05) is 23.4 Å². The first-order valence-corrected chi connectivity index (χ1v) is 7.23. The van der Waals surface area contributed by atoms with Gasteiger partial charge in [0.2, 0.25) is 0 Å². The van der Waals surface area contributed by atoms with E-state index in [1.54, 1.807) is 50.1 Å². The van der Waals surface area contributed by atoms with E-state index in [-0.39, 0.29) is 11.7 Å². The minimum absolute atomic E-state index is 0.171. The molecule has 2 heterocycles. The largest absolute Gasteiger partial charge is 0.508 e. The van der Waals surface area contributed by atoms with Crippen LogP contribution in [0, 0.1) is 13.8 Å². The van der Waals surface area contributed by atoms with Gasteiger partial charge in [-0.2, -0.15) is 0 Å². The lowest BCUT2D eigenvalue weighted by atomic mass is 10.1. The normalized spacial score (nSPS) is 10.9. The molecule has 0 saturated carbocycles. The van der Waals surface area contributed by atoms with E-state index < -0.39 is 0 Å². The van der Waals surface area contributed by atoms with Crippen LogP contribution in [0.3, 0.4) is 0 Å². The Morgan fingerprint density at radius 3 is 2.78 bits per heavy atom. The summed E-state index contributed by atoms with van der Waals surface area (Å²) in [6, 6.07) is 8.70. The number of amides is 1. The van der Waals surface area contributed by atoms with E-state index in [1.165, 1.54) is 0 Å². The van der Waals surface area contributed by atoms with E-state index >= 15 is 0 Å². The average Bonchev–Trinajstić information content (AvgIpc) is 2.89. The fourth-order valence-corrected chi connectivity index (χ4v) is 2.56. The lowest BCUT2D eigenvalue weighted by molar-refractivity contribution is 0.0786. The van der Waals surface area contributed by atoms with Crippen LogP contribution in [0.1, 0.15) is 27.3 Å². The van der Waals surface area contributed by atoms with Crippen molar-refractivity contribution in [2.45, 2.75) is 20.4 Å². The van der Waals surface area contributed by atoms with Crippen molar-refractivity contribution in [1.82, 2.24) is 15.0 Å². The van der Waals surface area contributed by atoms with E-state index in [1.807, 2.05) is 6.07 Å². The lowest BCUT2D eigenvalue weighted by Gasteiger charge is -2.18. The second-order valence-electron chi connectivity index (χ2n) is 5.55. The minimum Gasteiger partial charge on any atom is -0.508 e. The SMILES string of the molecule is Cc1cc(C(=O)N(C)Cc2ccccc2O)c2c(C)noc2n1. The zero-order valence-electron chi connectivity index (χ0n) is 13.2. The number of aryl methyl sites for hydroxylation is 2. The van der Waals surface area contributed by atoms with Crippen LogP contribution in [0.5, 0.6) is 5.75 Å². The van der Waals surface area contributed by atoms with E-state index in [9.17, 15) is 9.90 Å². The molecule has 0 fully saturated rings. The van der Waals surface area contributed by atoms with Crippen LogP contribution in [-0.4, -0.2) is 33.1 Å². The number of fused-ring (bicyclic) bond motifs is 1. The van der Waals surface area contributed by atoms with E-state index in [4.69, 9.17) is 4.52 Å². The van der Waals surface area contributed by atoms with Crippen LogP contribution in [-0.2, 0) is 6.54 Å². The van der Waals surface area contributed by atoms with Crippen LogP contribution in [0.15, 0.2) is 34.9 Å². The van der Waals surface area contributed by atoms with Crippen LogP contribution in [0.25, 0.3) is 11.1 Å².